The maximum Gasteiger partial charge on any atom is 0.0701 e. The monoisotopic (exact) mass is 811 g/mol. The van der Waals surface area contributed by atoms with E-state index in [9.17, 15) is 0 Å². The number of hydrogen-bond acceptors (Lipinski definition) is 3. The molecule has 0 saturated carbocycles. The van der Waals surface area contributed by atoms with E-state index in [0.717, 1.165) is 50.4 Å². The molecule has 0 saturated heterocycles. The molecule has 5 nitrogen and oxygen atoms in total. The van der Waals surface area contributed by atoms with Gasteiger partial charge in [-0.1, -0.05) is 24.3 Å². The van der Waals surface area contributed by atoms with Gasteiger partial charge in [0.25, 0.3) is 0 Å². The number of hydrogen-bond donors (Lipinski definition) is 2. The average Bonchev–Trinajstić information content (AvgIpc) is 4.15. The number of nitrogens with zero attached hydrogens (tertiary/aromatic N) is 3. The first-order valence-electron chi connectivity index (χ1n) is 18.8. The van der Waals surface area contributed by atoms with Crippen molar-refractivity contribution in [3.63, 3.8) is 0 Å². The molecule has 4 aromatic heterocycles. The van der Waals surface area contributed by atoms with Crippen LogP contribution in [0.3, 0.4) is 0 Å². The molecule has 2 aliphatic rings. The van der Waals surface area contributed by atoms with Gasteiger partial charge in [-0.2, -0.15) is 146 Å². The van der Waals surface area contributed by atoms with Crippen molar-refractivity contribution in [2.24, 2.45) is 0 Å². The Morgan fingerprint density at radius 1 is 0.339 bits per heavy atom. The third-order valence-corrected chi connectivity index (χ3v) is 7.98. The fourth-order valence-electron chi connectivity index (χ4n) is 5.33. The summed E-state index contributed by atoms with van der Waals surface area (Å²) in [5.41, 5.74) is 8.92. The zero-order chi connectivity index (χ0) is 39.7. The molecular weight excluding hydrogens is 772 g/mol. The van der Waals surface area contributed by atoms with E-state index >= 15 is 0 Å². The Kier molecular flexibility index (Phi) is 18.2. The van der Waals surface area contributed by atoms with E-state index in [1.165, 1.54) is 5.39 Å². The van der Waals surface area contributed by atoms with Gasteiger partial charge in [0.15, 0.2) is 0 Å². The largest absolute Gasteiger partial charge is 0.355 e. The van der Waals surface area contributed by atoms with Gasteiger partial charge in [-0.15, -0.1) is 0 Å². The first-order valence-corrected chi connectivity index (χ1v) is 18.8. The predicted octanol–water partition coefficient (Wildman–Crippen LogP) is 12.8. The van der Waals surface area contributed by atoms with E-state index in [1.807, 2.05) is 194 Å². The molecule has 0 unspecified atom stereocenters. The van der Waals surface area contributed by atoms with Crippen LogP contribution in [0, 0.1) is 24.3 Å². The molecule has 0 fully saturated rings. The summed E-state index contributed by atoms with van der Waals surface area (Å²) in [5.74, 6) is 0. The SMILES string of the molecule is C1=Cc2cc3ccc(cc4ccc(cc5nc(cc1n2)C=C5)[nH]4)[nH]3.[Zn].[c-]1ccccc1.[c-]1ccccc1.[c-]1ccccc1.[c-]1ccccc1.c1ccc2ncccc2c1. The number of benzene rings is 5. The van der Waals surface area contributed by atoms with Crippen LogP contribution in [0.5, 0.6) is 0 Å². The van der Waals surface area contributed by atoms with Crippen LogP contribution >= 0.6 is 0 Å². The number of rotatable bonds is 0. The van der Waals surface area contributed by atoms with E-state index in [0.29, 0.717) is 0 Å². The first-order chi connectivity index (χ1) is 28.8. The summed E-state index contributed by atoms with van der Waals surface area (Å²) in [4.78, 5) is 20.2. The number of aromatic amines is 2. The molecular formula is C53H41N5Zn-4. The summed E-state index contributed by atoms with van der Waals surface area (Å²) < 4.78 is 0. The molecule has 8 bridgehead atoms. The second-order valence-electron chi connectivity index (χ2n) is 12.4. The van der Waals surface area contributed by atoms with Crippen molar-refractivity contribution in [2.75, 3.05) is 0 Å². The Bertz CT molecular complexity index is 2340. The molecule has 5 aromatic carbocycles. The number of H-pyrrole nitrogens is 2. The minimum Gasteiger partial charge on any atom is -0.355 e. The van der Waals surface area contributed by atoms with Gasteiger partial charge in [-0.3, -0.25) is 4.98 Å². The van der Waals surface area contributed by atoms with Crippen LogP contribution < -0.4 is 0 Å². The van der Waals surface area contributed by atoms with Gasteiger partial charge in [-0.05, 0) is 85.0 Å². The molecule has 284 valence electrons. The molecule has 59 heavy (non-hydrogen) atoms. The van der Waals surface area contributed by atoms with Crippen molar-refractivity contribution in [1.29, 1.82) is 0 Å². The molecule has 0 spiro atoms. The van der Waals surface area contributed by atoms with Crippen molar-refractivity contribution in [3.05, 3.63) is 259 Å². The third-order valence-electron chi connectivity index (χ3n) is 7.98. The molecule has 2 aliphatic heterocycles. The van der Waals surface area contributed by atoms with Gasteiger partial charge in [0.2, 0.25) is 0 Å². The normalized spacial score (nSPS) is 10.1. The molecule has 11 rings (SSSR count). The Hall–Kier alpha value is -7.27. The quantitative estimate of drug-likeness (QED) is 0.118. The number of pyridine rings is 1. The van der Waals surface area contributed by atoms with Gasteiger partial charge < -0.3 is 9.97 Å². The summed E-state index contributed by atoms with van der Waals surface area (Å²) >= 11 is 0. The van der Waals surface area contributed by atoms with Gasteiger partial charge in [0.05, 0.1) is 28.3 Å². The Balaban J connectivity index is 0.000000155. The van der Waals surface area contributed by atoms with Crippen LogP contribution in [0.1, 0.15) is 22.8 Å². The standard InChI is InChI=1S/C20H14N4.C9H7N.4C6H5.Zn/c1-2-14-10-16-5-6-18(23-16)12-20-8-7-19(24-20)11-17-4-3-15(22-17)9-13(1)21-14;1-2-6-9-8(4-1)5-3-7-10-9;4*1-2-4-6-5-3-1;/h1-12,21-22H;1-7H;4*1-5H;/q;;4*-1;. The molecule has 0 aliphatic carbocycles. The zero-order valence-electron chi connectivity index (χ0n) is 32.6. The van der Waals surface area contributed by atoms with Crippen molar-refractivity contribution < 1.29 is 19.5 Å². The topological polar surface area (TPSA) is 70.2 Å². The average molecular weight is 813 g/mol. The van der Waals surface area contributed by atoms with Crippen molar-refractivity contribution >= 4 is 57.3 Å². The van der Waals surface area contributed by atoms with Crippen LogP contribution in [0.4, 0.5) is 0 Å². The van der Waals surface area contributed by atoms with Crippen LogP contribution in [-0.4, -0.2) is 24.9 Å². The molecule has 9 aromatic rings. The van der Waals surface area contributed by atoms with Crippen LogP contribution in [-0.2, 0) is 19.5 Å². The van der Waals surface area contributed by atoms with Crippen LogP contribution in [0.15, 0.2) is 212 Å². The summed E-state index contributed by atoms with van der Waals surface area (Å²) in [6.45, 7) is 0. The van der Waals surface area contributed by atoms with Gasteiger partial charge in [0, 0.05) is 53.1 Å². The van der Waals surface area contributed by atoms with E-state index in [-0.39, 0.29) is 19.5 Å². The molecule has 0 atom stereocenters. The Morgan fingerprint density at radius 3 is 1.05 bits per heavy atom. The number of fused-ring (bicyclic) bond motifs is 9. The second-order valence-corrected chi connectivity index (χ2v) is 12.4. The van der Waals surface area contributed by atoms with Crippen molar-refractivity contribution in [2.45, 2.75) is 0 Å². The smallest absolute Gasteiger partial charge is 0.0701 e. The van der Waals surface area contributed by atoms with Gasteiger partial charge in [-0.25, -0.2) is 9.97 Å². The van der Waals surface area contributed by atoms with E-state index in [4.69, 9.17) is 0 Å². The maximum atomic E-state index is 4.62. The molecule has 6 heteroatoms. The molecule has 0 amide bonds. The van der Waals surface area contributed by atoms with Crippen molar-refractivity contribution in [3.8, 4) is 0 Å². The third kappa shape index (κ3) is 16.0. The summed E-state index contributed by atoms with van der Waals surface area (Å²) in [6.07, 6.45) is 9.86. The fourth-order valence-corrected chi connectivity index (χ4v) is 5.33. The van der Waals surface area contributed by atoms with E-state index in [2.05, 4.69) is 91.6 Å². The zero-order valence-corrected chi connectivity index (χ0v) is 35.5. The second kappa shape index (κ2) is 25.1. The Labute approximate surface area is 359 Å². The van der Waals surface area contributed by atoms with E-state index in [1.54, 1.807) is 0 Å². The summed E-state index contributed by atoms with van der Waals surface area (Å²) in [7, 11) is 0. The number of aromatic nitrogens is 5. The van der Waals surface area contributed by atoms with Crippen molar-refractivity contribution in [1.82, 2.24) is 24.9 Å². The summed E-state index contributed by atoms with van der Waals surface area (Å²) in [5, 5.41) is 1.20. The molecule has 2 N–H and O–H groups in total. The van der Waals surface area contributed by atoms with Gasteiger partial charge in [0.1, 0.15) is 0 Å². The maximum absolute atomic E-state index is 4.62. The Morgan fingerprint density at radius 2 is 0.695 bits per heavy atom. The first kappa shape index (κ1) is 42.9. The molecule has 6 heterocycles. The fraction of sp³-hybridized carbons (Fsp3) is 0. The van der Waals surface area contributed by atoms with E-state index < -0.39 is 0 Å². The van der Waals surface area contributed by atoms with Gasteiger partial charge >= 0.3 is 0 Å². The minimum atomic E-state index is 0. The number of para-hydroxylation sites is 1. The predicted molar refractivity (Wildman–Crippen MR) is 242 cm³/mol. The van der Waals surface area contributed by atoms with Crippen LogP contribution in [0.2, 0.25) is 0 Å². The number of nitrogens with one attached hydrogen (secondary N) is 2. The minimum absolute atomic E-state index is 0. The van der Waals surface area contributed by atoms with Crippen LogP contribution in [0.25, 0.3) is 57.3 Å². The summed E-state index contributed by atoms with van der Waals surface area (Å²) in [6, 6.07) is 78.5. The molecule has 0 radical (unpaired) electrons.